The highest BCUT2D eigenvalue weighted by Crippen LogP contribution is 2.46. The molecule has 3 aromatic heterocycles. The number of aromatic nitrogens is 4. The predicted octanol–water partition coefficient (Wildman–Crippen LogP) is 3.59. The number of pyridine rings is 1. The van der Waals surface area contributed by atoms with Gasteiger partial charge in [0, 0.05) is 23.9 Å². The van der Waals surface area contributed by atoms with Crippen molar-refractivity contribution in [3.8, 4) is 0 Å². The SMILES string of the molecule is C[C@@H]1C[C@@H]1c1cc(NC(=O)Nc2cnc3c(Br)cccn23)n[nH]1. The molecular weight excluding hydrogens is 360 g/mol. The van der Waals surface area contributed by atoms with E-state index in [1.165, 1.54) is 6.42 Å². The lowest BCUT2D eigenvalue weighted by Gasteiger charge is -2.05. The minimum atomic E-state index is -0.353. The fraction of sp³-hybridized carbons (Fsp3) is 0.267. The molecule has 3 heterocycles. The molecule has 1 fully saturated rings. The van der Waals surface area contributed by atoms with E-state index in [1.54, 1.807) is 10.6 Å². The van der Waals surface area contributed by atoms with Gasteiger partial charge >= 0.3 is 6.03 Å². The molecule has 0 spiro atoms. The standard InChI is InChI=1S/C15H15BrN6O/c1-8-5-9(8)11-6-12(21-20-11)18-15(23)19-13-7-17-14-10(16)3-2-4-22(13)14/h2-4,6-9H,5H2,1H3,(H3,18,19,20,21,23)/t8-,9+/m1/s1. The lowest BCUT2D eigenvalue weighted by molar-refractivity contribution is 0.262. The molecule has 1 aliphatic rings. The van der Waals surface area contributed by atoms with E-state index < -0.39 is 0 Å². The molecule has 3 N–H and O–H groups in total. The molecule has 0 saturated heterocycles. The number of halogens is 1. The van der Waals surface area contributed by atoms with Gasteiger partial charge in [-0.25, -0.2) is 9.78 Å². The number of anilines is 2. The fourth-order valence-corrected chi connectivity index (χ4v) is 3.13. The highest BCUT2D eigenvalue weighted by atomic mass is 79.9. The van der Waals surface area contributed by atoms with E-state index in [0.717, 1.165) is 15.8 Å². The molecule has 0 aromatic carbocycles. The zero-order chi connectivity index (χ0) is 16.0. The Balaban J connectivity index is 1.47. The highest BCUT2D eigenvalue weighted by Gasteiger charge is 2.35. The molecule has 0 unspecified atom stereocenters. The average Bonchev–Trinajstić information content (AvgIpc) is 2.92. The number of nitrogens with zero attached hydrogens (tertiary/aromatic N) is 3. The number of hydrogen-bond acceptors (Lipinski definition) is 3. The number of imidazole rings is 1. The second-order valence-electron chi connectivity index (χ2n) is 5.80. The van der Waals surface area contributed by atoms with Crippen LogP contribution < -0.4 is 10.6 Å². The first-order chi connectivity index (χ1) is 11.1. The van der Waals surface area contributed by atoms with E-state index in [0.29, 0.717) is 23.5 Å². The number of fused-ring (bicyclic) bond motifs is 1. The Morgan fingerprint density at radius 3 is 3.09 bits per heavy atom. The van der Waals surface area contributed by atoms with E-state index in [2.05, 4.69) is 48.7 Å². The van der Waals surface area contributed by atoms with Gasteiger partial charge in [-0.05, 0) is 40.4 Å². The average molecular weight is 375 g/mol. The number of hydrogen-bond donors (Lipinski definition) is 3. The van der Waals surface area contributed by atoms with Gasteiger partial charge < -0.3 is 0 Å². The van der Waals surface area contributed by atoms with Gasteiger partial charge in [-0.1, -0.05) is 6.92 Å². The van der Waals surface area contributed by atoms with Gasteiger partial charge in [-0.15, -0.1) is 0 Å². The first-order valence-electron chi connectivity index (χ1n) is 7.36. The maximum Gasteiger partial charge on any atom is 0.326 e. The summed E-state index contributed by atoms with van der Waals surface area (Å²) in [4.78, 5) is 16.4. The van der Waals surface area contributed by atoms with Gasteiger partial charge in [0.05, 0.1) is 10.7 Å². The Hall–Kier alpha value is -2.35. The molecule has 7 nitrogen and oxygen atoms in total. The Bertz CT molecular complexity index is 885. The van der Waals surface area contributed by atoms with Crippen LogP contribution in [0, 0.1) is 5.92 Å². The number of carbonyl (C=O) groups is 1. The summed E-state index contributed by atoms with van der Waals surface area (Å²) in [6, 6.07) is 5.31. The number of rotatable bonds is 3. The normalized spacial score (nSPS) is 19.7. The van der Waals surface area contributed by atoms with Crippen LogP contribution in [0.4, 0.5) is 16.4 Å². The van der Waals surface area contributed by atoms with Crippen molar-refractivity contribution in [2.75, 3.05) is 10.6 Å². The van der Waals surface area contributed by atoms with Crippen molar-refractivity contribution >= 4 is 39.2 Å². The predicted molar refractivity (Wildman–Crippen MR) is 90.6 cm³/mol. The smallest absolute Gasteiger partial charge is 0.292 e. The second-order valence-corrected chi connectivity index (χ2v) is 6.65. The summed E-state index contributed by atoms with van der Waals surface area (Å²) in [7, 11) is 0. The Morgan fingerprint density at radius 1 is 1.48 bits per heavy atom. The van der Waals surface area contributed by atoms with Crippen LogP contribution in [-0.4, -0.2) is 25.6 Å². The molecule has 0 aliphatic heterocycles. The van der Waals surface area contributed by atoms with Crippen LogP contribution in [0.15, 0.2) is 35.1 Å². The summed E-state index contributed by atoms with van der Waals surface area (Å²) in [6.07, 6.45) is 4.62. The molecule has 1 aliphatic carbocycles. The number of amides is 2. The minimum Gasteiger partial charge on any atom is -0.292 e. The number of aromatic amines is 1. The van der Waals surface area contributed by atoms with Crippen molar-refractivity contribution in [3.63, 3.8) is 0 Å². The van der Waals surface area contributed by atoms with Crippen LogP contribution in [0.1, 0.15) is 25.0 Å². The molecule has 2 atom stereocenters. The van der Waals surface area contributed by atoms with Gasteiger partial charge in [0.25, 0.3) is 0 Å². The molecule has 23 heavy (non-hydrogen) atoms. The van der Waals surface area contributed by atoms with Crippen LogP contribution in [-0.2, 0) is 0 Å². The van der Waals surface area contributed by atoms with E-state index in [1.807, 2.05) is 24.4 Å². The van der Waals surface area contributed by atoms with Crippen molar-refractivity contribution in [1.82, 2.24) is 19.6 Å². The van der Waals surface area contributed by atoms with Crippen molar-refractivity contribution in [1.29, 1.82) is 0 Å². The zero-order valence-corrected chi connectivity index (χ0v) is 14.0. The van der Waals surface area contributed by atoms with Crippen molar-refractivity contribution < 1.29 is 4.79 Å². The summed E-state index contributed by atoms with van der Waals surface area (Å²) in [5.74, 6) is 2.34. The lowest BCUT2D eigenvalue weighted by atomic mass is 10.2. The third-order valence-electron chi connectivity index (χ3n) is 4.08. The molecule has 3 aromatic rings. The maximum absolute atomic E-state index is 12.1. The van der Waals surface area contributed by atoms with Crippen molar-refractivity contribution in [2.45, 2.75) is 19.3 Å². The molecule has 2 amide bonds. The zero-order valence-electron chi connectivity index (χ0n) is 12.4. The Labute approximate surface area is 140 Å². The van der Waals surface area contributed by atoms with Crippen LogP contribution in [0.25, 0.3) is 5.65 Å². The van der Waals surface area contributed by atoms with Gasteiger partial charge in [0.15, 0.2) is 11.5 Å². The molecule has 8 heteroatoms. The number of urea groups is 1. The molecule has 0 bridgehead atoms. The first-order valence-corrected chi connectivity index (χ1v) is 8.16. The quantitative estimate of drug-likeness (QED) is 0.654. The molecule has 0 radical (unpaired) electrons. The minimum absolute atomic E-state index is 0.353. The van der Waals surface area contributed by atoms with E-state index in [9.17, 15) is 4.79 Å². The maximum atomic E-state index is 12.1. The van der Waals surface area contributed by atoms with E-state index in [4.69, 9.17) is 0 Å². The van der Waals surface area contributed by atoms with Gasteiger partial charge in [-0.3, -0.25) is 20.1 Å². The summed E-state index contributed by atoms with van der Waals surface area (Å²) in [6.45, 7) is 2.20. The molecule has 118 valence electrons. The van der Waals surface area contributed by atoms with Crippen LogP contribution >= 0.6 is 15.9 Å². The summed E-state index contributed by atoms with van der Waals surface area (Å²) in [5.41, 5.74) is 1.82. The highest BCUT2D eigenvalue weighted by molar-refractivity contribution is 9.10. The molecule has 1 saturated carbocycles. The van der Waals surface area contributed by atoms with Gasteiger partial charge in [0.1, 0.15) is 5.82 Å². The number of nitrogens with one attached hydrogen (secondary N) is 3. The number of carbonyl (C=O) groups excluding carboxylic acids is 1. The Kier molecular flexibility index (Phi) is 3.33. The van der Waals surface area contributed by atoms with Crippen molar-refractivity contribution in [2.24, 2.45) is 5.92 Å². The topological polar surface area (TPSA) is 87.1 Å². The monoisotopic (exact) mass is 374 g/mol. The lowest BCUT2D eigenvalue weighted by Crippen LogP contribution is -2.20. The van der Waals surface area contributed by atoms with Crippen molar-refractivity contribution in [3.05, 3.63) is 40.8 Å². The third-order valence-corrected chi connectivity index (χ3v) is 4.70. The van der Waals surface area contributed by atoms with Crippen LogP contribution in [0.3, 0.4) is 0 Å². The van der Waals surface area contributed by atoms with Gasteiger partial charge in [-0.2, -0.15) is 5.10 Å². The van der Waals surface area contributed by atoms with Crippen LogP contribution in [0.2, 0.25) is 0 Å². The summed E-state index contributed by atoms with van der Waals surface area (Å²) < 4.78 is 2.66. The van der Waals surface area contributed by atoms with Crippen LogP contribution in [0.5, 0.6) is 0 Å². The van der Waals surface area contributed by atoms with E-state index in [-0.39, 0.29) is 6.03 Å². The largest absolute Gasteiger partial charge is 0.326 e. The summed E-state index contributed by atoms with van der Waals surface area (Å²) >= 11 is 3.43. The molecule has 4 rings (SSSR count). The Morgan fingerprint density at radius 2 is 2.30 bits per heavy atom. The molecular formula is C15H15BrN6O. The van der Waals surface area contributed by atoms with Gasteiger partial charge in [0.2, 0.25) is 0 Å². The third kappa shape index (κ3) is 2.70. The van der Waals surface area contributed by atoms with E-state index >= 15 is 0 Å². The second kappa shape index (κ2) is 5.38. The first kappa shape index (κ1) is 14.3. The number of H-pyrrole nitrogens is 1. The fourth-order valence-electron chi connectivity index (χ4n) is 2.68. The summed E-state index contributed by atoms with van der Waals surface area (Å²) in [5, 5.41) is 12.6.